The molecule has 0 amide bonds. The molecule has 1 aromatic heterocycles. The van der Waals surface area contributed by atoms with E-state index in [0.29, 0.717) is 18.5 Å². The first-order valence-electron chi connectivity index (χ1n) is 8.43. The lowest BCUT2D eigenvalue weighted by atomic mass is 10.2. The highest BCUT2D eigenvalue weighted by atomic mass is 35.5. The van der Waals surface area contributed by atoms with Crippen molar-refractivity contribution >= 4 is 45.9 Å². The summed E-state index contributed by atoms with van der Waals surface area (Å²) in [5, 5.41) is 4.95. The van der Waals surface area contributed by atoms with Gasteiger partial charge in [-0.1, -0.05) is 30.3 Å². The quantitative estimate of drug-likeness (QED) is 0.797. The number of hydrogen-bond acceptors (Lipinski definition) is 5. The van der Waals surface area contributed by atoms with Crippen molar-refractivity contribution in [3.63, 3.8) is 0 Å². The van der Waals surface area contributed by atoms with Crippen LogP contribution >= 0.6 is 23.4 Å². The van der Waals surface area contributed by atoms with E-state index in [-0.39, 0.29) is 11.0 Å². The maximum absolute atomic E-state index is 11.8. The number of carbonyl (C=O) groups is 1. The zero-order chi connectivity index (χ0) is 16.8. The fourth-order valence-electron chi connectivity index (χ4n) is 3.65. The number of benzene rings is 1. The van der Waals surface area contributed by atoms with Crippen LogP contribution in [-0.2, 0) is 4.79 Å². The van der Waals surface area contributed by atoms with Gasteiger partial charge >= 0.3 is 0 Å². The van der Waals surface area contributed by atoms with E-state index in [9.17, 15) is 4.79 Å². The molecular formula is C17H21ClN4OS. The van der Waals surface area contributed by atoms with E-state index < -0.39 is 0 Å². The molecule has 2 bridgehead atoms. The zero-order valence-electron chi connectivity index (χ0n) is 13.8. The number of nitrogens with zero attached hydrogens (tertiary/aromatic N) is 2. The minimum Gasteiger partial charge on any atom is -0.364 e. The van der Waals surface area contributed by atoms with Crippen LogP contribution in [0.25, 0.3) is 11.0 Å². The number of nitrogens with one attached hydrogen (secondary N) is 2. The number of piperazine rings is 1. The van der Waals surface area contributed by atoms with Crippen molar-refractivity contribution in [2.45, 2.75) is 49.2 Å². The first-order valence-corrected chi connectivity index (χ1v) is 9.69. The van der Waals surface area contributed by atoms with Crippen LogP contribution in [0.3, 0.4) is 0 Å². The van der Waals surface area contributed by atoms with Gasteiger partial charge < -0.3 is 15.2 Å². The van der Waals surface area contributed by atoms with Crippen molar-refractivity contribution in [1.82, 2.24) is 15.3 Å². The molecule has 0 radical (unpaired) electrons. The van der Waals surface area contributed by atoms with Crippen LogP contribution in [0.4, 0.5) is 5.69 Å². The number of anilines is 1. The summed E-state index contributed by atoms with van der Waals surface area (Å²) < 4.78 is 0. The molecule has 4 rings (SSSR count). The number of rotatable bonds is 5. The SMILES string of the molecule is CCC(=O)C(C)Sc1nc2cc(N3C[C@@H]4C[C@H]3CN4)c(Cl)cc2[nH]1. The molecule has 2 saturated heterocycles. The third kappa shape index (κ3) is 2.80. The van der Waals surface area contributed by atoms with Gasteiger partial charge in [0.1, 0.15) is 5.78 Å². The summed E-state index contributed by atoms with van der Waals surface area (Å²) >= 11 is 8.01. The molecule has 3 atom stereocenters. The summed E-state index contributed by atoms with van der Waals surface area (Å²) in [6.45, 7) is 5.85. The number of halogens is 1. The van der Waals surface area contributed by atoms with Crippen molar-refractivity contribution in [3.05, 3.63) is 17.2 Å². The zero-order valence-corrected chi connectivity index (χ0v) is 15.4. The number of aromatic amines is 1. The fourth-order valence-corrected chi connectivity index (χ4v) is 4.87. The molecule has 24 heavy (non-hydrogen) atoms. The van der Waals surface area contributed by atoms with Crippen LogP contribution < -0.4 is 10.2 Å². The second-order valence-electron chi connectivity index (χ2n) is 6.59. The molecule has 2 N–H and O–H groups in total. The van der Waals surface area contributed by atoms with Gasteiger partial charge in [-0.25, -0.2) is 4.98 Å². The number of aromatic nitrogens is 2. The molecule has 2 aliphatic rings. The van der Waals surface area contributed by atoms with Crippen molar-refractivity contribution in [1.29, 1.82) is 0 Å². The third-order valence-electron chi connectivity index (χ3n) is 4.99. The van der Waals surface area contributed by atoms with E-state index in [4.69, 9.17) is 11.6 Å². The van der Waals surface area contributed by atoms with Crippen LogP contribution in [0.15, 0.2) is 17.3 Å². The minimum atomic E-state index is -0.0918. The lowest BCUT2D eigenvalue weighted by molar-refractivity contribution is -0.118. The van der Waals surface area contributed by atoms with E-state index in [1.807, 2.05) is 19.9 Å². The smallest absolute Gasteiger partial charge is 0.167 e. The summed E-state index contributed by atoms with van der Waals surface area (Å²) in [6.07, 6.45) is 1.74. The van der Waals surface area contributed by atoms with Crippen LogP contribution in [0, 0.1) is 0 Å². The first-order chi connectivity index (χ1) is 11.5. The molecule has 7 heteroatoms. The molecule has 0 spiro atoms. The van der Waals surface area contributed by atoms with E-state index in [2.05, 4.69) is 26.3 Å². The van der Waals surface area contributed by atoms with Crippen LogP contribution in [0.1, 0.15) is 26.7 Å². The average molecular weight is 365 g/mol. The number of hydrogen-bond donors (Lipinski definition) is 2. The van der Waals surface area contributed by atoms with Crippen molar-refractivity contribution in [3.8, 4) is 0 Å². The van der Waals surface area contributed by atoms with E-state index in [1.54, 1.807) is 0 Å². The highest BCUT2D eigenvalue weighted by molar-refractivity contribution is 8.00. The first kappa shape index (κ1) is 16.2. The van der Waals surface area contributed by atoms with Gasteiger partial charge in [-0.2, -0.15) is 0 Å². The maximum atomic E-state index is 11.8. The molecule has 0 aliphatic carbocycles. The molecular weight excluding hydrogens is 344 g/mol. The number of imidazole rings is 1. The molecule has 1 unspecified atom stereocenters. The second-order valence-corrected chi connectivity index (χ2v) is 8.33. The Morgan fingerprint density at radius 3 is 3.04 bits per heavy atom. The molecule has 2 aliphatic heterocycles. The summed E-state index contributed by atoms with van der Waals surface area (Å²) in [5.41, 5.74) is 2.90. The third-order valence-corrected chi connectivity index (χ3v) is 6.32. The lowest BCUT2D eigenvalue weighted by Gasteiger charge is -2.30. The Balaban J connectivity index is 1.62. The van der Waals surface area contributed by atoms with E-state index in [1.165, 1.54) is 18.2 Å². The van der Waals surface area contributed by atoms with Crippen molar-refractivity contribution in [2.24, 2.45) is 0 Å². The molecule has 2 aromatic rings. The maximum Gasteiger partial charge on any atom is 0.167 e. The monoisotopic (exact) mass is 364 g/mol. The van der Waals surface area contributed by atoms with Crippen molar-refractivity contribution in [2.75, 3.05) is 18.0 Å². The minimum absolute atomic E-state index is 0.0918. The Kier molecular flexibility index (Phi) is 4.22. The molecule has 5 nitrogen and oxygen atoms in total. The molecule has 3 heterocycles. The van der Waals surface area contributed by atoms with Crippen LogP contribution in [0.2, 0.25) is 5.02 Å². The van der Waals surface area contributed by atoms with Crippen LogP contribution in [0.5, 0.6) is 0 Å². The normalized spacial score (nSPS) is 24.0. The molecule has 0 saturated carbocycles. The number of thioether (sulfide) groups is 1. The van der Waals surface area contributed by atoms with Gasteiger partial charge in [0.25, 0.3) is 0 Å². The molecule has 128 valence electrons. The van der Waals surface area contributed by atoms with Gasteiger partial charge in [0.2, 0.25) is 0 Å². The average Bonchev–Trinajstić information content (AvgIpc) is 3.27. The standard InChI is InChI=1S/C17H21ClN4OS/c1-3-16(23)9(2)24-17-20-13-5-12(18)15(6-14(13)21-17)22-8-10-4-11(22)7-19-10/h5-6,9-11,19H,3-4,7-8H2,1-2H3,(H,20,21)/t9?,10-,11-/m0/s1. The fraction of sp³-hybridized carbons (Fsp3) is 0.529. The predicted molar refractivity (Wildman–Crippen MR) is 99.3 cm³/mol. The van der Waals surface area contributed by atoms with Crippen molar-refractivity contribution < 1.29 is 4.79 Å². The Hall–Kier alpha value is -1.24. The number of ketones is 1. The van der Waals surface area contributed by atoms with E-state index >= 15 is 0 Å². The van der Waals surface area contributed by atoms with Gasteiger partial charge in [-0.15, -0.1) is 0 Å². The Morgan fingerprint density at radius 1 is 1.54 bits per heavy atom. The number of H-pyrrole nitrogens is 1. The number of carbonyl (C=O) groups excluding carboxylic acids is 1. The van der Waals surface area contributed by atoms with Crippen LogP contribution in [-0.4, -0.2) is 46.2 Å². The predicted octanol–water partition coefficient (Wildman–Crippen LogP) is 3.23. The number of Topliss-reactive ketones (excluding diaryl/α,β-unsaturated/α-hetero) is 1. The molecule has 2 fully saturated rings. The summed E-state index contributed by atoms with van der Waals surface area (Å²) in [6, 6.07) is 5.13. The van der Waals surface area contributed by atoms with Gasteiger partial charge in [0.15, 0.2) is 5.16 Å². The van der Waals surface area contributed by atoms with E-state index in [0.717, 1.165) is 40.0 Å². The largest absolute Gasteiger partial charge is 0.364 e. The highest BCUT2D eigenvalue weighted by Crippen LogP contribution is 2.37. The summed E-state index contributed by atoms with van der Waals surface area (Å²) in [5.74, 6) is 0.236. The van der Waals surface area contributed by atoms with Gasteiger partial charge in [-0.05, 0) is 25.5 Å². The lowest BCUT2D eigenvalue weighted by Crippen LogP contribution is -2.43. The Bertz CT molecular complexity index is 792. The highest BCUT2D eigenvalue weighted by Gasteiger charge is 2.38. The van der Waals surface area contributed by atoms with Gasteiger partial charge in [0.05, 0.1) is 27.0 Å². The van der Waals surface area contributed by atoms with Gasteiger partial charge in [0, 0.05) is 31.6 Å². The number of fused-ring (bicyclic) bond motifs is 3. The topological polar surface area (TPSA) is 61.0 Å². The second kappa shape index (κ2) is 6.24. The Morgan fingerprint density at radius 2 is 2.38 bits per heavy atom. The summed E-state index contributed by atoms with van der Waals surface area (Å²) in [4.78, 5) is 22.1. The molecule has 1 aromatic carbocycles. The Labute approximate surface area is 150 Å². The summed E-state index contributed by atoms with van der Waals surface area (Å²) in [7, 11) is 0. The van der Waals surface area contributed by atoms with Gasteiger partial charge in [-0.3, -0.25) is 4.79 Å².